The van der Waals surface area contributed by atoms with Crippen LogP contribution in [-0.2, 0) is 0 Å². The van der Waals surface area contributed by atoms with Gasteiger partial charge in [-0.3, -0.25) is 4.79 Å². The van der Waals surface area contributed by atoms with Gasteiger partial charge in [0.2, 0.25) is 0 Å². The zero-order valence-corrected chi connectivity index (χ0v) is 12.4. The van der Waals surface area contributed by atoms with E-state index in [1.807, 2.05) is 37.1 Å². The molecule has 1 aliphatic heterocycles. The van der Waals surface area contributed by atoms with Crippen LogP contribution in [0.1, 0.15) is 41.6 Å². The SMILES string of the molecule is CNc1ccc(C(=O)N2CCCCCC2CO)c(C)c1. The third-order valence-corrected chi connectivity index (χ3v) is 4.09. The van der Waals surface area contributed by atoms with Crippen LogP contribution in [0.5, 0.6) is 0 Å². The summed E-state index contributed by atoms with van der Waals surface area (Å²) in [5.74, 6) is 0.0473. The number of carbonyl (C=O) groups excluding carboxylic acids is 1. The van der Waals surface area contributed by atoms with E-state index in [2.05, 4.69) is 5.32 Å². The van der Waals surface area contributed by atoms with Gasteiger partial charge in [-0.15, -0.1) is 0 Å². The van der Waals surface area contributed by atoms with Crippen LogP contribution >= 0.6 is 0 Å². The van der Waals surface area contributed by atoms with Gasteiger partial charge in [-0.2, -0.15) is 0 Å². The van der Waals surface area contributed by atoms with Crippen LogP contribution in [0.4, 0.5) is 5.69 Å². The van der Waals surface area contributed by atoms with Crippen LogP contribution in [0.2, 0.25) is 0 Å². The number of aliphatic hydroxyl groups is 1. The molecule has 1 aliphatic rings. The van der Waals surface area contributed by atoms with E-state index in [1.54, 1.807) is 0 Å². The fourth-order valence-electron chi connectivity index (χ4n) is 2.85. The number of carbonyl (C=O) groups is 1. The van der Waals surface area contributed by atoms with Crippen molar-refractivity contribution in [3.05, 3.63) is 29.3 Å². The van der Waals surface area contributed by atoms with Gasteiger partial charge in [0.1, 0.15) is 0 Å². The first-order chi connectivity index (χ1) is 9.67. The molecule has 2 N–H and O–H groups in total. The highest BCUT2D eigenvalue weighted by Crippen LogP contribution is 2.22. The van der Waals surface area contributed by atoms with Crippen molar-refractivity contribution in [2.45, 2.75) is 38.6 Å². The summed E-state index contributed by atoms with van der Waals surface area (Å²) >= 11 is 0. The molecule has 1 amide bonds. The third kappa shape index (κ3) is 3.12. The molecular formula is C16H24N2O2. The molecule has 4 nitrogen and oxygen atoms in total. The minimum atomic E-state index is -0.0339. The normalized spacial score (nSPS) is 19.6. The maximum absolute atomic E-state index is 12.7. The first-order valence-corrected chi connectivity index (χ1v) is 7.37. The lowest BCUT2D eigenvalue weighted by Gasteiger charge is -2.29. The van der Waals surface area contributed by atoms with E-state index in [9.17, 15) is 9.90 Å². The van der Waals surface area contributed by atoms with Crippen LogP contribution < -0.4 is 5.32 Å². The molecule has 0 aromatic heterocycles. The zero-order chi connectivity index (χ0) is 14.5. The predicted molar refractivity (Wildman–Crippen MR) is 81.1 cm³/mol. The lowest BCUT2D eigenvalue weighted by Crippen LogP contribution is -2.42. The summed E-state index contributed by atoms with van der Waals surface area (Å²) in [4.78, 5) is 14.6. The Morgan fingerprint density at radius 3 is 2.85 bits per heavy atom. The second-order valence-electron chi connectivity index (χ2n) is 5.46. The van der Waals surface area contributed by atoms with Gasteiger partial charge in [-0.25, -0.2) is 0 Å². The Bertz CT molecular complexity index is 474. The van der Waals surface area contributed by atoms with Crippen LogP contribution in [0.25, 0.3) is 0 Å². The monoisotopic (exact) mass is 276 g/mol. The molecule has 1 unspecified atom stereocenters. The molecule has 0 spiro atoms. The second kappa shape index (κ2) is 6.75. The number of aliphatic hydroxyl groups excluding tert-OH is 1. The van der Waals surface area contributed by atoms with Gasteiger partial charge in [-0.1, -0.05) is 12.8 Å². The molecule has 0 saturated carbocycles. The molecule has 1 atom stereocenters. The number of nitrogens with zero attached hydrogens (tertiary/aromatic N) is 1. The van der Waals surface area contributed by atoms with Crippen molar-refractivity contribution in [3.63, 3.8) is 0 Å². The van der Waals surface area contributed by atoms with E-state index in [0.29, 0.717) is 0 Å². The van der Waals surface area contributed by atoms with Gasteiger partial charge >= 0.3 is 0 Å². The van der Waals surface area contributed by atoms with Crippen molar-refractivity contribution < 1.29 is 9.90 Å². The van der Waals surface area contributed by atoms with Crippen LogP contribution in [0, 0.1) is 6.92 Å². The Morgan fingerprint density at radius 2 is 2.20 bits per heavy atom. The van der Waals surface area contributed by atoms with Crippen LogP contribution in [0.3, 0.4) is 0 Å². The van der Waals surface area contributed by atoms with Gasteiger partial charge in [0.15, 0.2) is 0 Å². The molecule has 1 saturated heterocycles. The highest BCUT2D eigenvalue weighted by atomic mass is 16.3. The number of amides is 1. The maximum atomic E-state index is 12.7. The van der Waals surface area contributed by atoms with Gasteiger partial charge in [0.25, 0.3) is 5.91 Å². The zero-order valence-electron chi connectivity index (χ0n) is 12.4. The molecular weight excluding hydrogens is 252 g/mol. The Morgan fingerprint density at radius 1 is 1.40 bits per heavy atom. The second-order valence-corrected chi connectivity index (χ2v) is 5.46. The number of hydrogen-bond donors (Lipinski definition) is 2. The van der Waals surface area contributed by atoms with E-state index >= 15 is 0 Å². The molecule has 2 rings (SSSR count). The number of benzene rings is 1. The average molecular weight is 276 g/mol. The largest absolute Gasteiger partial charge is 0.394 e. The minimum Gasteiger partial charge on any atom is -0.394 e. The van der Waals surface area contributed by atoms with Crippen molar-refractivity contribution in [1.29, 1.82) is 0 Å². The number of nitrogens with one attached hydrogen (secondary N) is 1. The van der Waals surface area contributed by atoms with E-state index < -0.39 is 0 Å². The van der Waals surface area contributed by atoms with Crippen molar-refractivity contribution >= 4 is 11.6 Å². The first-order valence-electron chi connectivity index (χ1n) is 7.37. The standard InChI is InChI=1S/C16H24N2O2/c1-12-10-13(17-2)7-8-15(12)16(20)18-9-5-3-4-6-14(18)11-19/h7-8,10,14,17,19H,3-6,9,11H2,1-2H3. The summed E-state index contributed by atoms with van der Waals surface area (Å²) < 4.78 is 0. The average Bonchev–Trinajstić information content (AvgIpc) is 2.71. The van der Waals surface area contributed by atoms with Crippen molar-refractivity contribution in [3.8, 4) is 0 Å². The smallest absolute Gasteiger partial charge is 0.254 e. The van der Waals surface area contributed by atoms with Crippen LogP contribution in [0.15, 0.2) is 18.2 Å². The number of likely N-dealkylation sites (tertiary alicyclic amines) is 1. The van der Waals surface area contributed by atoms with Gasteiger partial charge in [-0.05, 0) is 43.5 Å². The van der Waals surface area contributed by atoms with Gasteiger partial charge < -0.3 is 15.3 Å². The number of rotatable bonds is 3. The lowest BCUT2D eigenvalue weighted by molar-refractivity contribution is 0.0599. The number of anilines is 1. The van der Waals surface area contributed by atoms with Crippen molar-refractivity contribution in [2.24, 2.45) is 0 Å². The Kier molecular flexibility index (Phi) is 5.01. The van der Waals surface area contributed by atoms with Gasteiger partial charge in [0.05, 0.1) is 12.6 Å². The lowest BCUT2D eigenvalue weighted by atomic mass is 10.0. The molecule has 110 valence electrons. The van der Waals surface area contributed by atoms with E-state index in [1.165, 1.54) is 0 Å². The molecule has 0 radical (unpaired) electrons. The molecule has 0 bridgehead atoms. The maximum Gasteiger partial charge on any atom is 0.254 e. The predicted octanol–water partition coefficient (Wildman–Crippen LogP) is 2.41. The Hall–Kier alpha value is -1.55. The summed E-state index contributed by atoms with van der Waals surface area (Å²) in [5.41, 5.74) is 2.72. The quantitative estimate of drug-likeness (QED) is 0.891. The minimum absolute atomic E-state index is 0.0339. The fraction of sp³-hybridized carbons (Fsp3) is 0.562. The van der Waals surface area contributed by atoms with E-state index in [-0.39, 0.29) is 18.6 Å². The van der Waals surface area contributed by atoms with Crippen molar-refractivity contribution in [2.75, 3.05) is 25.5 Å². The molecule has 1 fully saturated rings. The van der Waals surface area contributed by atoms with Crippen LogP contribution in [-0.4, -0.2) is 42.2 Å². The fourth-order valence-corrected chi connectivity index (χ4v) is 2.85. The first kappa shape index (κ1) is 14.9. The van der Waals surface area contributed by atoms with E-state index in [0.717, 1.165) is 49.0 Å². The Labute approximate surface area is 120 Å². The number of hydrogen-bond acceptors (Lipinski definition) is 3. The van der Waals surface area contributed by atoms with Crippen molar-refractivity contribution in [1.82, 2.24) is 4.90 Å². The topological polar surface area (TPSA) is 52.6 Å². The van der Waals surface area contributed by atoms with E-state index in [4.69, 9.17) is 0 Å². The summed E-state index contributed by atoms with van der Waals surface area (Å²) in [5, 5.41) is 12.6. The number of aryl methyl sites for hydroxylation is 1. The third-order valence-electron chi connectivity index (χ3n) is 4.09. The molecule has 1 heterocycles. The summed E-state index contributed by atoms with van der Waals surface area (Å²) in [7, 11) is 1.87. The highest BCUT2D eigenvalue weighted by molar-refractivity contribution is 5.96. The Balaban J connectivity index is 2.24. The highest BCUT2D eigenvalue weighted by Gasteiger charge is 2.26. The summed E-state index contributed by atoms with van der Waals surface area (Å²) in [6.45, 7) is 2.76. The molecule has 1 aromatic carbocycles. The molecule has 1 aromatic rings. The summed E-state index contributed by atoms with van der Waals surface area (Å²) in [6.07, 6.45) is 4.15. The summed E-state index contributed by atoms with van der Waals surface area (Å²) in [6, 6.07) is 5.75. The molecule has 20 heavy (non-hydrogen) atoms. The molecule has 4 heteroatoms. The molecule has 0 aliphatic carbocycles. The van der Waals surface area contributed by atoms with Gasteiger partial charge in [0, 0.05) is 24.8 Å².